The summed E-state index contributed by atoms with van der Waals surface area (Å²) in [7, 11) is 0. The summed E-state index contributed by atoms with van der Waals surface area (Å²) >= 11 is 0. The van der Waals surface area contributed by atoms with Gasteiger partial charge < -0.3 is 0 Å². The van der Waals surface area contributed by atoms with Crippen LogP contribution in [0.2, 0.25) is 0 Å². The van der Waals surface area contributed by atoms with Gasteiger partial charge in [-0.2, -0.15) is 0 Å². The summed E-state index contributed by atoms with van der Waals surface area (Å²) in [6.45, 7) is 18.4. The SMILES string of the molecule is CC.CCCC(C)/C=C\C(=O)C(C)(C)C.Cc1cccc(C)c1. The van der Waals surface area contributed by atoms with Gasteiger partial charge in [0, 0.05) is 5.41 Å². The van der Waals surface area contributed by atoms with E-state index < -0.39 is 0 Å². The van der Waals surface area contributed by atoms with Gasteiger partial charge in [-0.05, 0) is 32.3 Å². The average Bonchev–Trinajstić information content (AvgIpc) is 2.46. The van der Waals surface area contributed by atoms with Crippen LogP contribution < -0.4 is 0 Å². The lowest BCUT2D eigenvalue weighted by atomic mass is 9.90. The molecule has 1 atom stereocenters. The van der Waals surface area contributed by atoms with Gasteiger partial charge in [0.05, 0.1) is 0 Å². The zero-order valence-corrected chi connectivity index (χ0v) is 16.9. The van der Waals surface area contributed by atoms with Crippen molar-refractivity contribution >= 4 is 5.78 Å². The molecule has 0 saturated carbocycles. The van der Waals surface area contributed by atoms with Crippen molar-refractivity contribution in [2.75, 3.05) is 0 Å². The Bertz CT molecular complexity index is 432. The third-order valence-electron chi connectivity index (χ3n) is 3.23. The molecule has 0 fully saturated rings. The largest absolute Gasteiger partial charge is 0.294 e. The van der Waals surface area contributed by atoms with E-state index in [1.165, 1.54) is 17.5 Å². The third-order valence-corrected chi connectivity index (χ3v) is 3.23. The first-order valence-corrected chi connectivity index (χ1v) is 8.92. The lowest BCUT2D eigenvalue weighted by Crippen LogP contribution is -2.17. The highest BCUT2D eigenvalue weighted by molar-refractivity contribution is 5.93. The Balaban J connectivity index is 0. The van der Waals surface area contributed by atoms with Crippen molar-refractivity contribution in [3.63, 3.8) is 0 Å². The Kier molecular flexibility index (Phi) is 13.6. The van der Waals surface area contributed by atoms with Crippen LogP contribution in [0, 0.1) is 25.2 Å². The molecule has 0 saturated heterocycles. The molecule has 1 rings (SSSR count). The van der Waals surface area contributed by atoms with Crippen LogP contribution in [0.15, 0.2) is 36.4 Å². The van der Waals surface area contributed by atoms with E-state index in [2.05, 4.69) is 52.0 Å². The average molecular weight is 319 g/mol. The standard InChI is InChI=1S/C12H22O.C8H10.C2H6/c1-6-7-10(2)8-9-11(13)12(3,4)5;1-7-4-3-5-8(2)6-7;1-2/h8-10H,6-7H2,1-5H3;3-6H,1-2H3;1-2H3/b9-8-;;. The van der Waals surface area contributed by atoms with Crippen LogP contribution in [0.3, 0.4) is 0 Å². The Labute approximate surface area is 145 Å². The maximum atomic E-state index is 11.5. The van der Waals surface area contributed by atoms with E-state index in [1.54, 1.807) is 6.08 Å². The number of ketones is 1. The van der Waals surface area contributed by atoms with Crippen molar-refractivity contribution in [2.45, 2.75) is 75.2 Å². The zero-order chi connectivity index (χ0) is 18.5. The number of allylic oxidation sites excluding steroid dienone is 2. The van der Waals surface area contributed by atoms with Crippen LogP contribution in [0.25, 0.3) is 0 Å². The fraction of sp³-hybridized carbons (Fsp3) is 0.591. The van der Waals surface area contributed by atoms with E-state index in [9.17, 15) is 4.79 Å². The molecule has 132 valence electrons. The van der Waals surface area contributed by atoms with Crippen LogP contribution in [0.5, 0.6) is 0 Å². The van der Waals surface area contributed by atoms with Crippen LogP contribution in [-0.2, 0) is 4.79 Å². The van der Waals surface area contributed by atoms with Gasteiger partial charge >= 0.3 is 0 Å². The molecule has 1 nitrogen and oxygen atoms in total. The third kappa shape index (κ3) is 14.0. The fourth-order valence-electron chi connectivity index (χ4n) is 1.86. The molecule has 0 aliphatic rings. The molecule has 0 aromatic heterocycles. The molecule has 0 amide bonds. The summed E-state index contributed by atoms with van der Waals surface area (Å²) < 4.78 is 0. The summed E-state index contributed by atoms with van der Waals surface area (Å²) in [4.78, 5) is 11.5. The zero-order valence-electron chi connectivity index (χ0n) is 16.9. The quantitative estimate of drug-likeness (QED) is 0.550. The summed E-state index contributed by atoms with van der Waals surface area (Å²) in [6.07, 6.45) is 6.10. The topological polar surface area (TPSA) is 17.1 Å². The second-order valence-electron chi connectivity index (χ2n) is 6.90. The highest BCUT2D eigenvalue weighted by atomic mass is 16.1. The number of carbonyl (C=O) groups excluding carboxylic acids is 1. The summed E-state index contributed by atoms with van der Waals surface area (Å²) in [5, 5.41) is 0. The lowest BCUT2D eigenvalue weighted by molar-refractivity contribution is -0.121. The highest BCUT2D eigenvalue weighted by Gasteiger charge is 2.17. The van der Waals surface area contributed by atoms with Crippen molar-refractivity contribution in [1.29, 1.82) is 0 Å². The monoisotopic (exact) mass is 318 g/mol. The van der Waals surface area contributed by atoms with Crippen LogP contribution in [-0.4, -0.2) is 5.78 Å². The first-order chi connectivity index (χ1) is 10.7. The molecule has 0 radical (unpaired) electrons. The maximum absolute atomic E-state index is 11.5. The molecular weight excluding hydrogens is 280 g/mol. The number of aryl methyl sites for hydroxylation is 2. The van der Waals surface area contributed by atoms with Gasteiger partial charge in [0.2, 0.25) is 0 Å². The van der Waals surface area contributed by atoms with Crippen molar-refractivity contribution in [1.82, 2.24) is 0 Å². The van der Waals surface area contributed by atoms with Gasteiger partial charge in [0.15, 0.2) is 5.78 Å². The molecule has 23 heavy (non-hydrogen) atoms. The summed E-state index contributed by atoms with van der Waals surface area (Å²) in [5.74, 6) is 0.742. The molecule has 0 N–H and O–H groups in total. The number of rotatable bonds is 4. The van der Waals surface area contributed by atoms with E-state index in [4.69, 9.17) is 0 Å². The predicted octanol–water partition coefficient (Wildman–Crippen LogP) is 6.92. The van der Waals surface area contributed by atoms with Crippen LogP contribution in [0.4, 0.5) is 0 Å². The second-order valence-corrected chi connectivity index (χ2v) is 6.90. The molecule has 0 aliphatic heterocycles. The van der Waals surface area contributed by atoms with E-state index in [0.29, 0.717) is 5.92 Å². The Morgan fingerprint density at radius 3 is 1.91 bits per heavy atom. The van der Waals surface area contributed by atoms with E-state index in [0.717, 1.165) is 6.42 Å². The first kappa shape index (κ1) is 23.9. The Hall–Kier alpha value is -1.37. The minimum absolute atomic E-state index is 0.218. The van der Waals surface area contributed by atoms with Crippen molar-refractivity contribution in [2.24, 2.45) is 11.3 Å². The number of hydrogen-bond acceptors (Lipinski definition) is 1. The maximum Gasteiger partial charge on any atom is 0.160 e. The van der Waals surface area contributed by atoms with E-state index in [-0.39, 0.29) is 11.2 Å². The van der Waals surface area contributed by atoms with Gasteiger partial charge in [-0.15, -0.1) is 0 Å². The molecule has 1 aromatic rings. The molecule has 0 bridgehead atoms. The number of carbonyl (C=O) groups is 1. The molecule has 1 heteroatoms. The molecular formula is C22H38O. The molecule has 0 aliphatic carbocycles. The molecule has 0 heterocycles. The van der Waals surface area contributed by atoms with E-state index in [1.807, 2.05) is 40.7 Å². The minimum atomic E-state index is -0.234. The van der Waals surface area contributed by atoms with Crippen LogP contribution in [0.1, 0.15) is 72.4 Å². The molecule has 0 spiro atoms. The number of hydrogen-bond donors (Lipinski definition) is 0. The van der Waals surface area contributed by atoms with Crippen LogP contribution >= 0.6 is 0 Å². The second kappa shape index (κ2) is 13.1. The fourth-order valence-corrected chi connectivity index (χ4v) is 1.86. The lowest BCUT2D eigenvalue weighted by Gasteiger charge is -2.13. The first-order valence-electron chi connectivity index (χ1n) is 8.92. The highest BCUT2D eigenvalue weighted by Crippen LogP contribution is 2.16. The van der Waals surface area contributed by atoms with Gasteiger partial charge in [-0.1, -0.05) is 96.4 Å². The number of benzene rings is 1. The van der Waals surface area contributed by atoms with Gasteiger partial charge in [0.1, 0.15) is 0 Å². The summed E-state index contributed by atoms with van der Waals surface area (Å²) in [5.41, 5.74) is 2.44. The minimum Gasteiger partial charge on any atom is -0.294 e. The molecule has 1 unspecified atom stereocenters. The Morgan fingerprint density at radius 2 is 1.61 bits per heavy atom. The predicted molar refractivity (Wildman–Crippen MR) is 105 cm³/mol. The van der Waals surface area contributed by atoms with Crippen molar-refractivity contribution in [3.05, 3.63) is 47.5 Å². The van der Waals surface area contributed by atoms with Gasteiger partial charge in [0.25, 0.3) is 0 Å². The van der Waals surface area contributed by atoms with Gasteiger partial charge in [-0.25, -0.2) is 0 Å². The van der Waals surface area contributed by atoms with Crippen molar-refractivity contribution in [3.8, 4) is 0 Å². The Morgan fingerprint density at radius 1 is 1.13 bits per heavy atom. The van der Waals surface area contributed by atoms with Gasteiger partial charge in [-0.3, -0.25) is 4.79 Å². The normalized spacial score (nSPS) is 11.9. The van der Waals surface area contributed by atoms with E-state index >= 15 is 0 Å². The van der Waals surface area contributed by atoms with Crippen molar-refractivity contribution < 1.29 is 4.79 Å². The molecule has 1 aromatic carbocycles. The smallest absolute Gasteiger partial charge is 0.160 e. The summed E-state index contributed by atoms with van der Waals surface area (Å²) in [6, 6.07) is 8.45.